The Morgan fingerprint density at radius 1 is 1.42 bits per heavy atom. The molecule has 0 aromatic heterocycles. The number of hydrogen-bond acceptors (Lipinski definition) is 3. The van der Waals surface area contributed by atoms with E-state index in [4.69, 9.17) is 11.6 Å². The Bertz CT molecular complexity index is 545. The molecule has 1 saturated heterocycles. The molecule has 19 heavy (non-hydrogen) atoms. The van der Waals surface area contributed by atoms with Gasteiger partial charge in [0.25, 0.3) is 0 Å². The van der Waals surface area contributed by atoms with Gasteiger partial charge in [0.15, 0.2) is 0 Å². The van der Waals surface area contributed by atoms with Crippen molar-refractivity contribution in [3.8, 4) is 0 Å². The van der Waals surface area contributed by atoms with Crippen LogP contribution in [0.3, 0.4) is 0 Å². The van der Waals surface area contributed by atoms with Gasteiger partial charge in [-0.2, -0.15) is 0 Å². The zero-order valence-electron chi connectivity index (χ0n) is 10.3. The van der Waals surface area contributed by atoms with Crippen LogP contribution in [0.2, 0.25) is 5.02 Å². The third kappa shape index (κ3) is 4.63. The number of sulfonamides is 1. The number of nitrogens with one attached hydrogen (secondary N) is 2. The van der Waals surface area contributed by atoms with Crippen molar-refractivity contribution in [3.63, 3.8) is 0 Å². The maximum absolute atomic E-state index is 12.1. The topological polar surface area (TPSA) is 58.2 Å². The van der Waals surface area contributed by atoms with Crippen molar-refractivity contribution in [2.75, 3.05) is 17.0 Å². The second kappa shape index (κ2) is 6.43. The van der Waals surface area contributed by atoms with E-state index < -0.39 is 10.0 Å². The molecule has 0 spiro atoms. The normalized spacial score (nSPS) is 20.2. The number of rotatable bonds is 4. The van der Waals surface area contributed by atoms with Gasteiger partial charge in [0, 0.05) is 10.5 Å². The quantitative estimate of drug-likeness (QED) is 0.860. The predicted molar refractivity (Wildman–Crippen MR) is 82.2 cm³/mol. The van der Waals surface area contributed by atoms with E-state index >= 15 is 0 Å². The lowest BCUT2D eigenvalue weighted by Crippen LogP contribution is -2.40. The molecule has 0 saturated carbocycles. The van der Waals surface area contributed by atoms with Crippen LogP contribution in [0.1, 0.15) is 19.3 Å². The molecule has 2 N–H and O–H groups in total. The van der Waals surface area contributed by atoms with E-state index in [1.807, 2.05) is 0 Å². The summed E-state index contributed by atoms with van der Waals surface area (Å²) in [5.41, 5.74) is 0.490. The number of halogens is 2. The third-order valence-electron chi connectivity index (χ3n) is 3.03. The Morgan fingerprint density at radius 2 is 2.21 bits per heavy atom. The highest BCUT2D eigenvalue weighted by Crippen LogP contribution is 2.26. The minimum Gasteiger partial charge on any atom is -0.313 e. The minimum absolute atomic E-state index is 0.0390. The van der Waals surface area contributed by atoms with E-state index in [-0.39, 0.29) is 11.8 Å². The first-order valence-electron chi connectivity index (χ1n) is 6.15. The maximum Gasteiger partial charge on any atom is 0.234 e. The summed E-state index contributed by atoms with van der Waals surface area (Å²) in [6, 6.07) is 5.04. The lowest BCUT2D eigenvalue weighted by atomic mass is 10.1. The summed E-state index contributed by atoms with van der Waals surface area (Å²) in [4.78, 5) is 0. The van der Waals surface area contributed by atoms with Crippen LogP contribution in [0.15, 0.2) is 22.7 Å². The highest BCUT2D eigenvalue weighted by atomic mass is 79.9. The fourth-order valence-corrected chi connectivity index (χ4v) is 3.92. The number of piperidine rings is 1. The van der Waals surface area contributed by atoms with Gasteiger partial charge in [-0.05, 0) is 53.5 Å². The molecule has 1 heterocycles. The molecule has 7 heteroatoms. The average molecular weight is 368 g/mol. The second-order valence-corrected chi connectivity index (χ2v) is 7.69. The molecule has 0 amide bonds. The lowest BCUT2D eigenvalue weighted by Gasteiger charge is -2.23. The Balaban J connectivity index is 2.01. The van der Waals surface area contributed by atoms with Gasteiger partial charge >= 0.3 is 0 Å². The van der Waals surface area contributed by atoms with E-state index in [1.165, 1.54) is 0 Å². The summed E-state index contributed by atoms with van der Waals surface area (Å²) >= 11 is 9.21. The van der Waals surface area contributed by atoms with Gasteiger partial charge in [-0.3, -0.25) is 4.72 Å². The Kier molecular flexibility index (Phi) is 5.11. The molecule has 1 aromatic carbocycles. The average Bonchev–Trinajstić information content (AvgIpc) is 2.34. The summed E-state index contributed by atoms with van der Waals surface area (Å²) in [7, 11) is -3.35. The fraction of sp³-hybridized carbons (Fsp3) is 0.500. The summed E-state index contributed by atoms with van der Waals surface area (Å²) in [6.07, 6.45) is 3.10. The van der Waals surface area contributed by atoms with Crippen molar-refractivity contribution in [2.24, 2.45) is 0 Å². The Morgan fingerprint density at radius 3 is 2.84 bits per heavy atom. The molecule has 0 aliphatic carbocycles. The molecule has 2 rings (SSSR count). The van der Waals surface area contributed by atoms with Crippen LogP contribution in [-0.2, 0) is 10.0 Å². The molecule has 1 fully saturated rings. The molecule has 0 radical (unpaired) electrons. The summed E-state index contributed by atoms with van der Waals surface area (Å²) in [6.45, 7) is 0.893. The van der Waals surface area contributed by atoms with E-state index in [1.54, 1.807) is 18.2 Å². The molecule has 0 bridgehead atoms. The van der Waals surface area contributed by atoms with Gasteiger partial charge in [0.1, 0.15) is 0 Å². The summed E-state index contributed by atoms with van der Waals surface area (Å²) < 4.78 is 27.4. The van der Waals surface area contributed by atoms with Crippen LogP contribution in [-0.4, -0.2) is 26.8 Å². The maximum atomic E-state index is 12.1. The monoisotopic (exact) mass is 366 g/mol. The van der Waals surface area contributed by atoms with Crippen LogP contribution in [0.25, 0.3) is 0 Å². The second-order valence-electron chi connectivity index (χ2n) is 4.66. The van der Waals surface area contributed by atoms with Crippen molar-refractivity contribution in [3.05, 3.63) is 27.7 Å². The van der Waals surface area contributed by atoms with Crippen LogP contribution >= 0.6 is 27.5 Å². The molecule has 1 aliphatic rings. The Hall–Kier alpha value is -0.300. The SMILES string of the molecule is O=S(=O)(CC1CCCCN1)Nc1ccc(Br)c(Cl)c1. The molecule has 4 nitrogen and oxygen atoms in total. The van der Waals surface area contributed by atoms with E-state index in [0.717, 1.165) is 30.3 Å². The molecular weight excluding hydrogens is 352 g/mol. The van der Waals surface area contributed by atoms with Gasteiger partial charge in [-0.25, -0.2) is 8.42 Å². The standard InChI is InChI=1S/C12H16BrClN2O2S/c13-11-5-4-9(7-12(11)14)16-19(17,18)8-10-3-1-2-6-15-10/h4-5,7,10,15-16H,1-3,6,8H2. The van der Waals surface area contributed by atoms with Gasteiger partial charge < -0.3 is 5.32 Å². The molecule has 1 aromatic rings. The number of anilines is 1. The van der Waals surface area contributed by atoms with Gasteiger partial charge in [-0.1, -0.05) is 18.0 Å². The summed E-state index contributed by atoms with van der Waals surface area (Å²) in [5, 5.41) is 3.71. The predicted octanol–water partition coefficient (Wildman–Crippen LogP) is 2.99. The largest absolute Gasteiger partial charge is 0.313 e. The van der Waals surface area contributed by atoms with Crippen LogP contribution in [0.4, 0.5) is 5.69 Å². The molecule has 106 valence electrons. The minimum atomic E-state index is -3.35. The first-order chi connectivity index (χ1) is 8.96. The van der Waals surface area contributed by atoms with Crippen molar-refractivity contribution < 1.29 is 8.42 Å². The van der Waals surface area contributed by atoms with Gasteiger partial charge in [-0.15, -0.1) is 0 Å². The highest BCUT2D eigenvalue weighted by Gasteiger charge is 2.21. The molecule has 1 atom stereocenters. The van der Waals surface area contributed by atoms with Gasteiger partial charge in [0.2, 0.25) is 10.0 Å². The van der Waals surface area contributed by atoms with E-state index in [0.29, 0.717) is 10.7 Å². The van der Waals surface area contributed by atoms with Crippen molar-refractivity contribution in [2.45, 2.75) is 25.3 Å². The molecular formula is C12H16BrClN2O2S. The molecule has 1 unspecified atom stereocenters. The van der Waals surface area contributed by atoms with Crippen LogP contribution < -0.4 is 10.0 Å². The smallest absolute Gasteiger partial charge is 0.234 e. The van der Waals surface area contributed by atoms with E-state index in [2.05, 4.69) is 26.0 Å². The first-order valence-corrected chi connectivity index (χ1v) is 8.97. The lowest BCUT2D eigenvalue weighted by molar-refractivity contribution is 0.424. The molecule has 1 aliphatic heterocycles. The zero-order chi connectivity index (χ0) is 13.9. The van der Waals surface area contributed by atoms with Crippen LogP contribution in [0, 0.1) is 0 Å². The van der Waals surface area contributed by atoms with Crippen molar-refractivity contribution >= 4 is 43.2 Å². The Labute approximate surface area is 127 Å². The number of benzene rings is 1. The van der Waals surface area contributed by atoms with Crippen molar-refractivity contribution in [1.29, 1.82) is 0 Å². The van der Waals surface area contributed by atoms with Crippen molar-refractivity contribution in [1.82, 2.24) is 5.32 Å². The third-order valence-corrected chi connectivity index (χ3v) is 5.65. The van der Waals surface area contributed by atoms with E-state index in [9.17, 15) is 8.42 Å². The fourth-order valence-electron chi connectivity index (χ4n) is 2.11. The zero-order valence-corrected chi connectivity index (χ0v) is 13.5. The number of hydrogen-bond donors (Lipinski definition) is 2. The highest BCUT2D eigenvalue weighted by molar-refractivity contribution is 9.10. The van der Waals surface area contributed by atoms with Crippen LogP contribution in [0.5, 0.6) is 0 Å². The first kappa shape index (κ1) is 15.1. The van der Waals surface area contributed by atoms with Gasteiger partial charge in [0.05, 0.1) is 16.5 Å². The summed E-state index contributed by atoms with van der Waals surface area (Å²) in [5.74, 6) is 0.0979.